The monoisotopic (exact) mass is 397 g/mol. The first-order chi connectivity index (χ1) is 14.0. The van der Waals surface area contributed by atoms with Crippen LogP contribution in [0, 0.1) is 0 Å². The number of hydrogen-bond donors (Lipinski definition) is 3. The van der Waals surface area contributed by atoms with Gasteiger partial charge in [0.25, 0.3) is 11.8 Å². The summed E-state index contributed by atoms with van der Waals surface area (Å²) in [6.07, 6.45) is 2.17. The van der Waals surface area contributed by atoms with Crippen LogP contribution >= 0.6 is 0 Å². The van der Waals surface area contributed by atoms with Gasteiger partial charge in [0, 0.05) is 13.1 Å². The minimum atomic E-state index is -0.764. The molecule has 7 heteroatoms. The Kier molecular flexibility index (Phi) is 5.43. The van der Waals surface area contributed by atoms with Crippen molar-refractivity contribution < 1.29 is 19.4 Å². The summed E-state index contributed by atoms with van der Waals surface area (Å²) in [5, 5.41) is 15.9. The smallest absolute Gasteiger partial charge is 0.268 e. The second-order valence-corrected chi connectivity index (χ2v) is 7.85. The number of rotatable bonds is 7. The Morgan fingerprint density at radius 3 is 2.69 bits per heavy atom. The molecule has 0 spiro atoms. The second-order valence-electron chi connectivity index (χ2n) is 7.85. The summed E-state index contributed by atoms with van der Waals surface area (Å²) in [7, 11) is 0. The predicted octanol–water partition coefficient (Wildman–Crippen LogP) is 2.15. The molecule has 1 aromatic heterocycles. The van der Waals surface area contributed by atoms with Crippen molar-refractivity contribution in [3.05, 3.63) is 58.9 Å². The van der Waals surface area contributed by atoms with Crippen molar-refractivity contribution in [2.45, 2.75) is 51.0 Å². The van der Waals surface area contributed by atoms with E-state index in [1.807, 2.05) is 41.8 Å². The quantitative estimate of drug-likeness (QED) is 0.668. The van der Waals surface area contributed by atoms with E-state index in [0.29, 0.717) is 49.6 Å². The lowest BCUT2D eigenvalue weighted by Crippen LogP contribution is -2.35. The number of aromatic nitrogens is 1. The Hall–Kier alpha value is -2.64. The zero-order valence-corrected chi connectivity index (χ0v) is 16.6. The lowest BCUT2D eigenvalue weighted by Gasteiger charge is -2.21. The molecule has 3 N–H and O–H groups in total. The van der Waals surface area contributed by atoms with E-state index in [4.69, 9.17) is 4.74 Å². The number of aliphatic hydroxyl groups is 1. The average Bonchev–Trinajstić information content (AvgIpc) is 3.36. The van der Waals surface area contributed by atoms with Gasteiger partial charge in [-0.05, 0) is 30.9 Å². The van der Waals surface area contributed by atoms with Crippen molar-refractivity contribution in [3.8, 4) is 0 Å². The maximum absolute atomic E-state index is 13.1. The molecule has 0 radical (unpaired) electrons. The molecular weight excluding hydrogens is 370 g/mol. The summed E-state index contributed by atoms with van der Waals surface area (Å²) >= 11 is 0. The van der Waals surface area contributed by atoms with Crippen LogP contribution in [0.2, 0.25) is 0 Å². The van der Waals surface area contributed by atoms with E-state index in [9.17, 15) is 14.7 Å². The zero-order chi connectivity index (χ0) is 20.4. The van der Waals surface area contributed by atoms with Gasteiger partial charge in [0.1, 0.15) is 5.69 Å². The number of fused-ring (bicyclic) bond motifs is 1. The summed E-state index contributed by atoms with van der Waals surface area (Å²) in [5.41, 5.74) is 1.90. The summed E-state index contributed by atoms with van der Waals surface area (Å²) in [6, 6.07) is 11.4. The van der Waals surface area contributed by atoms with Crippen LogP contribution in [0.25, 0.3) is 0 Å². The fourth-order valence-electron chi connectivity index (χ4n) is 3.71. The molecule has 1 aliphatic carbocycles. The standard InChI is InChI=1S/C22H27N3O4/c1-2-17(15-6-4-3-5-7-15)24-20(26)16-12-18(25-10-11-29-13-19(16)25)21(27)23-14-22(28)8-9-22/h3-7,12,17,28H,2,8-11,13-14H2,1H3,(H,23,27)(H,24,26). The van der Waals surface area contributed by atoms with Gasteiger partial charge in [-0.15, -0.1) is 0 Å². The molecule has 7 nitrogen and oxygen atoms in total. The van der Waals surface area contributed by atoms with Gasteiger partial charge >= 0.3 is 0 Å². The number of nitrogens with zero attached hydrogens (tertiary/aromatic N) is 1. The molecule has 1 atom stereocenters. The van der Waals surface area contributed by atoms with E-state index in [1.54, 1.807) is 6.07 Å². The van der Waals surface area contributed by atoms with Gasteiger partial charge in [-0.25, -0.2) is 0 Å². The number of carbonyl (C=O) groups is 2. The van der Waals surface area contributed by atoms with Gasteiger partial charge in [-0.2, -0.15) is 0 Å². The van der Waals surface area contributed by atoms with Crippen LogP contribution < -0.4 is 10.6 Å². The van der Waals surface area contributed by atoms with E-state index in [2.05, 4.69) is 10.6 Å². The Labute approximate surface area is 170 Å². The summed E-state index contributed by atoms with van der Waals surface area (Å²) in [4.78, 5) is 25.8. The zero-order valence-electron chi connectivity index (χ0n) is 16.6. The normalized spacial score (nSPS) is 17.9. The van der Waals surface area contributed by atoms with Crippen LogP contribution in [-0.4, -0.2) is 40.2 Å². The van der Waals surface area contributed by atoms with Crippen LogP contribution in [0.4, 0.5) is 0 Å². The van der Waals surface area contributed by atoms with Crippen molar-refractivity contribution in [1.29, 1.82) is 0 Å². The molecule has 0 bridgehead atoms. The number of ether oxygens (including phenoxy) is 1. The van der Waals surface area contributed by atoms with Crippen LogP contribution in [0.1, 0.15) is 64.3 Å². The molecule has 2 heterocycles. The van der Waals surface area contributed by atoms with Crippen molar-refractivity contribution >= 4 is 11.8 Å². The van der Waals surface area contributed by atoms with Crippen LogP contribution in [0.3, 0.4) is 0 Å². The van der Waals surface area contributed by atoms with Gasteiger partial charge in [0.05, 0.1) is 36.1 Å². The van der Waals surface area contributed by atoms with Gasteiger partial charge in [0.2, 0.25) is 0 Å². The predicted molar refractivity (Wildman–Crippen MR) is 108 cm³/mol. The third-order valence-corrected chi connectivity index (χ3v) is 5.70. The maximum Gasteiger partial charge on any atom is 0.268 e. The molecule has 4 rings (SSSR count). The van der Waals surface area contributed by atoms with E-state index in [1.165, 1.54) is 0 Å². The Bertz CT molecular complexity index is 902. The number of benzene rings is 1. The topological polar surface area (TPSA) is 92.6 Å². The Morgan fingerprint density at radius 2 is 2.00 bits per heavy atom. The molecule has 1 fully saturated rings. The molecule has 1 aliphatic heterocycles. The SMILES string of the molecule is CCC(NC(=O)c1cc(C(=O)NCC2(O)CC2)n2c1COCC2)c1ccccc1. The van der Waals surface area contributed by atoms with Crippen molar-refractivity contribution in [2.24, 2.45) is 0 Å². The van der Waals surface area contributed by atoms with Crippen molar-refractivity contribution in [1.82, 2.24) is 15.2 Å². The molecule has 29 heavy (non-hydrogen) atoms. The first-order valence-corrected chi connectivity index (χ1v) is 10.2. The lowest BCUT2D eigenvalue weighted by atomic mass is 10.0. The second kappa shape index (κ2) is 8.00. The lowest BCUT2D eigenvalue weighted by molar-refractivity contribution is 0.0766. The molecule has 1 aromatic carbocycles. The maximum atomic E-state index is 13.1. The van der Waals surface area contributed by atoms with Crippen LogP contribution in [0.15, 0.2) is 36.4 Å². The van der Waals surface area contributed by atoms with Crippen molar-refractivity contribution in [3.63, 3.8) is 0 Å². The largest absolute Gasteiger partial charge is 0.388 e. The van der Waals surface area contributed by atoms with Gasteiger partial charge in [0.15, 0.2) is 0 Å². The number of amides is 2. The van der Waals surface area contributed by atoms with Gasteiger partial charge in [-0.1, -0.05) is 37.3 Å². The number of carbonyl (C=O) groups excluding carboxylic acids is 2. The molecule has 1 unspecified atom stereocenters. The first kappa shape index (κ1) is 19.7. The average molecular weight is 397 g/mol. The van der Waals surface area contributed by atoms with E-state index in [-0.39, 0.29) is 24.4 Å². The summed E-state index contributed by atoms with van der Waals surface area (Å²) < 4.78 is 7.40. The van der Waals surface area contributed by atoms with Crippen LogP contribution in [-0.2, 0) is 17.9 Å². The molecule has 2 aromatic rings. The van der Waals surface area contributed by atoms with Gasteiger partial charge < -0.3 is 25.0 Å². The number of hydrogen-bond acceptors (Lipinski definition) is 4. The van der Waals surface area contributed by atoms with E-state index < -0.39 is 5.60 Å². The number of nitrogens with one attached hydrogen (secondary N) is 2. The minimum absolute atomic E-state index is 0.106. The van der Waals surface area contributed by atoms with Crippen molar-refractivity contribution in [2.75, 3.05) is 13.2 Å². The molecule has 1 saturated carbocycles. The fraction of sp³-hybridized carbons (Fsp3) is 0.455. The highest BCUT2D eigenvalue weighted by Crippen LogP contribution is 2.34. The summed E-state index contributed by atoms with van der Waals surface area (Å²) in [5.74, 6) is -0.488. The Balaban J connectivity index is 1.55. The van der Waals surface area contributed by atoms with Gasteiger partial charge in [-0.3, -0.25) is 9.59 Å². The summed E-state index contributed by atoms with van der Waals surface area (Å²) in [6.45, 7) is 3.57. The highest BCUT2D eigenvalue weighted by atomic mass is 16.5. The fourth-order valence-corrected chi connectivity index (χ4v) is 3.71. The molecule has 0 saturated heterocycles. The van der Waals surface area contributed by atoms with Crippen LogP contribution in [0.5, 0.6) is 0 Å². The minimum Gasteiger partial charge on any atom is -0.388 e. The molecule has 2 amide bonds. The van der Waals surface area contributed by atoms with E-state index >= 15 is 0 Å². The van der Waals surface area contributed by atoms with E-state index in [0.717, 1.165) is 12.0 Å². The highest BCUT2D eigenvalue weighted by molar-refractivity contribution is 6.00. The third kappa shape index (κ3) is 4.21. The molecule has 154 valence electrons. The first-order valence-electron chi connectivity index (χ1n) is 10.2. The third-order valence-electron chi connectivity index (χ3n) is 5.70. The molecule has 2 aliphatic rings. The Morgan fingerprint density at radius 1 is 1.24 bits per heavy atom. The molecular formula is C22H27N3O4. The highest BCUT2D eigenvalue weighted by Gasteiger charge is 2.40.